The van der Waals surface area contributed by atoms with Gasteiger partial charge in [-0.1, -0.05) is 35.9 Å². The van der Waals surface area contributed by atoms with Crippen LogP contribution < -0.4 is 16.0 Å². The first-order valence-corrected chi connectivity index (χ1v) is 10.4. The van der Waals surface area contributed by atoms with Crippen molar-refractivity contribution in [3.63, 3.8) is 0 Å². The first kappa shape index (κ1) is 19.4. The average Bonchev–Trinajstić information content (AvgIpc) is 3.04. The number of hydrogen-bond acceptors (Lipinski definition) is 5. The van der Waals surface area contributed by atoms with Gasteiger partial charge in [0.2, 0.25) is 5.91 Å². The Morgan fingerprint density at radius 2 is 1.94 bits per heavy atom. The number of carbonyl (C=O) groups is 2. The van der Waals surface area contributed by atoms with Crippen molar-refractivity contribution in [2.24, 2.45) is 5.73 Å². The monoisotopic (exact) mass is 430 g/mol. The third kappa shape index (κ3) is 2.38. The topological polar surface area (TPSA) is 99.2 Å². The zero-order valence-corrected chi connectivity index (χ0v) is 17.6. The molecule has 0 radical (unpaired) electrons. The van der Waals surface area contributed by atoms with Gasteiger partial charge >= 0.3 is 0 Å². The van der Waals surface area contributed by atoms with Crippen LogP contribution in [0.4, 0.5) is 11.4 Å². The normalized spacial score (nSPS) is 22.4. The summed E-state index contributed by atoms with van der Waals surface area (Å²) in [5, 5.41) is 13.7. The van der Waals surface area contributed by atoms with Crippen molar-refractivity contribution >= 4 is 34.7 Å². The fraction of sp³-hybridized carbons (Fsp3) is 0.208. The summed E-state index contributed by atoms with van der Waals surface area (Å²) in [5.74, 6) is -0.412. The number of hydrogen-bond donors (Lipinski definition) is 2. The number of halogens is 1. The summed E-state index contributed by atoms with van der Waals surface area (Å²) in [6.07, 6.45) is 1.52. The number of amides is 1. The molecule has 1 atom stereocenters. The van der Waals surface area contributed by atoms with Crippen LogP contribution in [0.1, 0.15) is 30.4 Å². The van der Waals surface area contributed by atoms with Crippen LogP contribution in [0.15, 0.2) is 65.1 Å². The van der Waals surface area contributed by atoms with Crippen molar-refractivity contribution in [1.82, 2.24) is 0 Å². The molecule has 31 heavy (non-hydrogen) atoms. The molecule has 154 valence electrons. The Morgan fingerprint density at radius 3 is 2.71 bits per heavy atom. The van der Waals surface area contributed by atoms with Gasteiger partial charge in [0.25, 0.3) is 0 Å². The van der Waals surface area contributed by atoms with E-state index in [9.17, 15) is 14.9 Å². The minimum atomic E-state index is -1.54. The van der Waals surface area contributed by atoms with Gasteiger partial charge in [-0.2, -0.15) is 5.26 Å². The number of nitrogens with two attached hydrogens (primary N) is 1. The Hall–Kier alpha value is -3.56. The van der Waals surface area contributed by atoms with Crippen molar-refractivity contribution in [3.05, 3.63) is 81.3 Å². The molecule has 0 saturated carbocycles. The highest BCUT2D eigenvalue weighted by Gasteiger charge is 2.60. The number of ketones is 1. The van der Waals surface area contributed by atoms with Crippen LogP contribution in [0, 0.1) is 18.3 Å². The lowest BCUT2D eigenvalue weighted by Crippen LogP contribution is -2.50. The summed E-state index contributed by atoms with van der Waals surface area (Å²) in [6, 6.07) is 14.8. The van der Waals surface area contributed by atoms with Gasteiger partial charge in [0.1, 0.15) is 17.3 Å². The second kappa shape index (κ2) is 6.73. The molecule has 0 bridgehead atoms. The average molecular weight is 431 g/mol. The molecule has 0 fully saturated rings. The maximum absolute atomic E-state index is 13.5. The number of nitriles is 1. The van der Waals surface area contributed by atoms with E-state index in [4.69, 9.17) is 17.3 Å². The molecule has 6 nitrogen and oxygen atoms in total. The van der Waals surface area contributed by atoms with Gasteiger partial charge in [0, 0.05) is 34.0 Å². The molecule has 7 heteroatoms. The van der Waals surface area contributed by atoms with Gasteiger partial charge in [-0.05, 0) is 43.5 Å². The van der Waals surface area contributed by atoms with Crippen molar-refractivity contribution in [2.75, 3.05) is 10.2 Å². The highest BCUT2D eigenvalue weighted by molar-refractivity contribution is 6.31. The molecular weight excluding hydrogens is 412 g/mol. The first-order valence-electron chi connectivity index (χ1n) is 10.1. The highest BCUT2D eigenvalue weighted by Crippen LogP contribution is 2.55. The van der Waals surface area contributed by atoms with Gasteiger partial charge < -0.3 is 11.1 Å². The number of nitrogens with one attached hydrogen (secondary N) is 1. The molecular formula is C24H19ClN4O2. The summed E-state index contributed by atoms with van der Waals surface area (Å²) in [6.45, 7) is 1.86. The molecule has 2 aliphatic heterocycles. The number of fused-ring (bicyclic) bond motifs is 3. The van der Waals surface area contributed by atoms with E-state index in [1.807, 2.05) is 13.0 Å². The maximum Gasteiger partial charge on any atom is 0.245 e. The van der Waals surface area contributed by atoms with Crippen LogP contribution in [0.25, 0.3) is 0 Å². The molecule has 1 spiro atoms. The number of benzene rings is 2. The third-order valence-corrected chi connectivity index (χ3v) is 6.82. The summed E-state index contributed by atoms with van der Waals surface area (Å²) < 4.78 is 0. The Morgan fingerprint density at radius 1 is 1.16 bits per heavy atom. The number of anilines is 2. The molecule has 2 heterocycles. The molecule has 0 unspecified atom stereocenters. The summed E-state index contributed by atoms with van der Waals surface area (Å²) in [5.41, 5.74) is 8.80. The lowest BCUT2D eigenvalue weighted by molar-refractivity contribution is -0.122. The quantitative estimate of drug-likeness (QED) is 0.710. The zero-order chi connectivity index (χ0) is 21.9. The predicted molar refractivity (Wildman–Crippen MR) is 118 cm³/mol. The van der Waals surface area contributed by atoms with Gasteiger partial charge in [-0.3, -0.25) is 14.5 Å². The number of para-hydroxylation sites is 1. The van der Waals surface area contributed by atoms with Gasteiger partial charge in [0.15, 0.2) is 5.78 Å². The molecule has 0 saturated heterocycles. The number of nitrogens with zero attached hydrogens (tertiary/aromatic N) is 2. The molecule has 1 amide bonds. The molecule has 1 aliphatic carbocycles. The lowest BCUT2D eigenvalue weighted by Gasteiger charge is -2.44. The van der Waals surface area contributed by atoms with E-state index in [2.05, 4.69) is 11.4 Å². The molecule has 0 aromatic heterocycles. The molecule has 5 rings (SSSR count). The van der Waals surface area contributed by atoms with Gasteiger partial charge in [-0.25, -0.2) is 0 Å². The number of carbonyl (C=O) groups excluding carboxylic acids is 2. The number of Topliss-reactive ketones (excluding diaryl/α,β-unsaturated/α-hetero) is 1. The summed E-state index contributed by atoms with van der Waals surface area (Å²) in [4.78, 5) is 28.6. The largest absolute Gasteiger partial charge is 0.384 e. The van der Waals surface area contributed by atoms with E-state index in [0.717, 1.165) is 5.56 Å². The first-order chi connectivity index (χ1) is 14.9. The minimum Gasteiger partial charge on any atom is -0.384 e. The van der Waals surface area contributed by atoms with E-state index in [1.54, 1.807) is 41.3 Å². The second-order valence-corrected chi connectivity index (χ2v) is 8.35. The van der Waals surface area contributed by atoms with E-state index >= 15 is 0 Å². The van der Waals surface area contributed by atoms with E-state index in [-0.39, 0.29) is 17.2 Å². The second-order valence-electron chi connectivity index (χ2n) is 7.94. The van der Waals surface area contributed by atoms with Gasteiger partial charge in [0.05, 0.1) is 11.3 Å². The van der Waals surface area contributed by atoms with E-state index < -0.39 is 11.3 Å². The van der Waals surface area contributed by atoms with Crippen LogP contribution in [0.5, 0.6) is 0 Å². The maximum atomic E-state index is 13.5. The Labute approximate surface area is 184 Å². The predicted octanol–water partition coefficient (Wildman–Crippen LogP) is 4.06. The van der Waals surface area contributed by atoms with Crippen LogP contribution in [-0.2, 0) is 15.0 Å². The van der Waals surface area contributed by atoms with Crippen LogP contribution in [-0.4, -0.2) is 11.7 Å². The summed E-state index contributed by atoms with van der Waals surface area (Å²) >= 11 is 6.37. The smallest absolute Gasteiger partial charge is 0.245 e. The van der Waals surface area contributed by atoms with Crippen molar-refractivity contribution in [2.45, 2.75) is 31.6 Å². The van der Waals surface area contributed by atoms with Gasteiger partial charge in [-0.15, -0.1) is 0 Å². The molecule has 2 aromatic carbocycles. The third-order valence-electron chi connectivity index (χ3n) is 6.41. The van der Waals surface area contributed by atoms with Crippen molar-refractivity contribution in [3.8, 4) is 6.07 Å². The van der Waals surface area contributed by atoms with Crippen LogP contribution >= 0.6 is 11.6 Å². The standard InChI is InChI=1S/C24H19ClN4O2/c1-13-16(25)7-4-9-18(13)29-19-10-5-11-20(30)21(19)24(15(12-26)22(29)27)14-6-2-3-8-17(14)28-23(24)31/h2-4,6-9H,5,10-11,27H2,1H3,(H,28,31)/t24-/m0/s1. The molecule has 3 aliphatic rings. The number of rotatable bonds is 1. The van der Waals surface area contributed by atoms with E-state index in [1.165, 1.54) is 0 Å². The Kier molecular flexibility index (Phi) is 4.21. The zero-order valence-electron chi connectivity index (χ0n) is 16.8. The van der Waals surface area contributed by atoms with Crippen molar-refractivity contribution in [1.29, 1.82) is 5.26 Å². The lowest BCUT2D eigenvalue weighted by atomic mass is 9.64. The van der Waals surface area contributed by atoms with Crippen molar-refractivity contribution < 1.29 is 9.59 Å². The van der Waals surface area contributed by atoms with E-state index in [0.29, 0.717) is 52.5 Å². The number of allylic oxidation sites excluding steroid dienone is 1. The Bertz CT molecular complexity index is 1290. The van der Waals surface area contributed by atoms with Crippen LogP contribution in [0.2, 0.25) is 5.02 Å². The van der Waals surface area contributed by atoms with Crippen LogP contribution in [0.3, 0.4) is 0 Å². The Balaban J connectivity index is 1.90. The highest BCUT2D eigenvalue weighted by atomic mass is 35.5. The summed E-state index contributed by atoms with van der Waals surface area (Å²) in [7, 11) is 0. The SMILES string of the molecule is Cc1c(Cl)cccc1N1C(N)=C(C#N)[C@]2(C(=O)Nc3ccccc32)C2=C1CCCC2=O. The molecule has 3 N–H and O–H groups in total. The molecule has 2 aromatic rings. The fourth-order valence-corrected chi connectivity index (χ4v) is 5.23. The minimum absolute atomic E-state index is 0.0586. The fourth-order valence-electron chi connectivity index (χ4n) is 5.06.